The molecule has 1 unspecified atom stereocenters. The molecule has 142 valence electrons. The standard InChI is InChI=1S/C20H22FN3O3/c1-23(2)17(14-6-5-7-15(21)12-14)13-22-19(25)10-11-24-16-8-3-4-9-18(16)27-20(24)26/h3-9,12,17H,10-11,13H2,1-2H3,(H,22,25). The molecule has 1 atom stereocenters. The molecule has 0 fully saturated rings. The first-order valence-electron chi connectivity index (χ1n) is 8.72. The molecule has 0 aliphatic rings. The zero-order valence-electron chi connectivity index (χ0n) is 15.3. The maximum Gasteiger partial charge on any atom is 0.419 e. The van der Waals surface area contributed by atoms with Crippen LogP contribution in [-0.4, -0.2) is 36.0 Å². The van der Waals surface area contributed by atoms with Gasteiger partial charge in [-0.3, -0.25) is 9.36 Å². The predicted octanol–water partition coefficient (Wildman–Crippen LogP) is 2.54. The quantitative estimate of drug-likeness (QED) is 0.693. The average Bonchev–Trinajstić information content (AvgIpc) is 2.95. The Kier molecular flexibility index (Phi) is 5.71. The summed E-state index contributed by atoms with van der Waals surface area (Å²) < 4.78 is 20.1. The van der Waals surface area contributed by atoms with Crippen LogP contribution >= 0.6 is 0 Å². The Morgan fingerprint density at radius 2 is 2.00 bits per heavy atom. The van der Waals surface area contributed by atoms with E-state index in [9.17, 15) is 14.0 Å². The lowest BCUT2D eigenvalue weighted by Crippen LogP contribution is -2.35. The van der Waals surface area contributed by atoms with Gasteiger partial charge < -0.3 is 14.6 Å². The van der Waals surface area contributed by atoms with Crippen molar-refractivity contribution in [2.75, 3.05) is 20.6 Å². The fourth-order valence-corrected chi connectivity index (χ4v) is 3.05. The number of benzene rings is 2. The van der Waals surface area contributed by atoms with Gasteiger partial charge in [0.15, 0.2) is 5.58 Å². The van der Waals surface area contributed by atoms with Gasteiger partial charge in [0.1, 0.15) is 5.82 Å². The number of hydrogen-bond acceptors (Lipinski definition) is 4. The number of oxazole rings is 1. The number of carbonyl (C=O) groups excluding carboxylic acids is 1. The van der Waals surface area contributed by atoms with E-state index >= 15 is 0 Å². The van der Waals surface area contributed by atoms with Crippen LogP contribution in [0.2, 0.25) is 0 Å². The highest BCUT2D eigenvalue weighted by molar-refractivity contribution is 5.76. The maximum absolute atomic E-state index is 13.5. The van der Waals surface area contributed by atoms with Crippen molar-refractivity contribution >= 4 is 17.0 Å². The SMILES string of the molecule is CN(C)C(CNC(=O)CCn1c(=O)oc2ccccc21)c1cccc(F)c1. The Bertz CT molecular complexity index is 993. The zero-order valence-corrected chi connectivity index (χ0v) is 15.3. The number of nitrogens with zero attached hydrogens (tertiary/aromatic N) is 2. The minimum Gasteiger partial charge on any atom is -0.408 e. The Morgan fingerprint density at radius 3 is 2.74 bits per heavy atom. The highest BCUT2D eigenvalue weighted by atomic mass is 19.1. The summed E-state index contributed by atoms with van der Waals surface area (Å²) >= 11 is 0. The Hall–Kier alpha value is -2.93. The first-order valence-corrected chi connectivity index (χ1v) is 8.72. The molecule has 7 heteroatoms. The van der Waals surface area contributed by atoms with Crippen LogP contribution in [0.3, 0.4) is 0 Å². The third-order valence-electron chi connectivity index (χ3n) is 4.49. The van der Waals surface area contributed by atoms with Gasteiger partial charge in [-0.1, -0.05) is 24.3 Å². The lowest BCUT2D eigenvalue weighted by Gasteiger charge is -2.25. The second kappa shape index (κ2) is 8.18. The molecule has 0 aliphatic heterocycles. The summed E-state index contributed by atoms with van der Waals surface area (Å²) in [6, 6.07) is 13.3. The van der Waals surface area contributed by atoms with Crippen LogP contribution in [0.15, 0.2) is 57.7 Å². The molecule has 0 radical (unpaired) electrons. The number of amides is 1. The van der Waals surface area contributed by atoms with Crippen LogP contribution in [0.4, 0.5) is 4.39 Å². The van der Waals surface area contributed by atoms with Crippen LogP contribution in [0.1, 0.15) is 18.0 Å². The highest BCUT2D eigenvalue weighted by Gasteiger charge is 2.16. The number of carbonyl (C=O) groups is 1. The van der Waals surface area contributed by atoms with Crippen molar-refractivity contribution in [1.82, 2.24) is 14.8 Å². The van der Waals surface area contributed by atoms with Gasteiger partial charge in [-0.25, -0.2) is 9.18 Å². The van der Waals surface area contributed by atoms with Gasteiger partial charge in [-0.15, -0.1) is 0 Å². The Balaban J connectivity index is 1.61. The lowest BCUT2D eigenvalue weighted by atomic mass is 10.1. The van der Waals surface area contributed by atoms with Gasteiger partial charge in [0.25, 0.3) is 0 Å². The Morgan fingerprint density at radius 1 is 1.22 bits per heavy atom. The van der Waals surface area contributed by atoms with E-state index in [0.29, 0.717) is 17.6 Å². The molecule has 2 aromatic carbocycles. The van der Waals surface area contributed by atoms with E-state index in [4.69, 9.17) is 4.42 Å². The number of likely N-dealkylation sites (N-methyl/N-ethyl adjacent to an activating group) is 1. The van der Waals surface area contributed by atoms with Crippen LogP contribution in [0, 0.1) is 5.82 Å². The van der Waals surface area contributed by atoms with Crippen molar-refractivity contribution < 1.29 is 13.6 Å². The largest absolute Gasteiger partial charge is 0.419 e. The van der Waals surface area contributed by atoms with E-state index in [2.05, 4.69) is 5.32 Å². The van der Waals surface area contributed by atoms with Crippen molar-refractivity contribution in [1.29, 1.82) is 0 Å². The van der Waals surface area contributed by atoms with E-state index in [0.717, 1.165) is 5.56 Å². The number of fused-ring (bicyclic) bond motifs is 1. The fraction of sp³-hybridized carbons (Fsp3) is 0.300. The molecule has 6 nitrogen and oxygen atoms in total. The Labute approximate surface area is 156 Å². The second-order valence-corrected chi connectivity index (χ2v) is 6.58. The van der Waals surface area contributed by atoms with Gasteiger partial charge in [-0.05, 0) is 43.9 Å². The molecular formula is C20H22FN3O3. The summed E-state index contributed by atoms with van der Waals surface area (Å²) in [6.45, 7) is 0.574. The second-order valence-electron chi connectivity index (χ2n) is 6.58. The molecule has 1 N–H and O–H groups in total. The minimum absolute atomic E-state index is 0.146. The first kappa shape index (κ1) is 18.8. The topological polar surface area (TPSA) is 67.5 Å². The van der Waals surface area contributed by atoms with Gasteiger partial charge in [0.05, 0.1) is 11.6 Å². The number of aromatic nitrogens is 1. The maximum atomic E-state index is 13.5. The third-order valence-corrected chi connectivity index (χ3v) is 4.49. The molecule has 3 aromatic rings. The molecular weight excluding hydrogens is 349 g/mol. The molecule has 0 saturated heterocycles. The van der Waals surface area contributed by atoms with E-state index in [1.165, 1.54) is 16.7 Å². The van der Waals surface area contributed by atoms with Crippen LogP contribution in [-0.2, 0) is 11.3 Å². The number of rotatable bonds is 7. The molecule has 0 saturated carbocycles. The number of hydrogen-bond donors (Lipinski definition) is 1. The van der Waals surface area contributed by atoms with Gasteiger partial charge >= 0.3 is 5.76 Å². The van der Waals surface area contributed by atoms with E-state index in [1.54, 1.807) is 24.3 Å². The molecule has 0 spiro atoms. The minimum atomic E-state index is -0.477. The van der Waals surface area contributed by atoms with E-state index in [1.807, 2.05) is 31.1 Å². The van der Waals surface area contributed by atoms with Crippen LogP contribution in [0.5, 0.6) is 0 Å². The number of para-hydroxylation sites is 2. The van der Waals surface area contributed by atoms with Crippen LogP contribution < -0.4 is 11.1 Å². The molecule has 1 amide bonds. The van der Waals surface area contributed by atoms with Gasteiger partial charge in [0, 0.05) is 19.5 Å². The average molecular weight is 371 g/mol. The monoisotopic (exact) mass is 371 g/mol. The van der Waals surface area contributed by atoms with Crippen molar-refractivity contribution in [2.45, 2.75) is 19.0 Å². The molecule has 3 rings (SSSR count). The zero-order chi connectivity index (χ0) is 19.4. The number of nitrogens with one attached hydrogen (secondary N) is 1. The summed E-state index contributed by atoms with van der Waals surface area (Å²) in [5, 5.41) is 2.86. The normalized spacial score (nSPS) is 12.4. The molecule has 1 aromatic heterocycles. The number of aryl methyl sites for hydroxylation is 1. The molecule has 0 aliphatic carbocycles. The summed E-state index contributed by atoms with van der Waals surface area (Å²) in [5.41, 5.74) is 1.96. The highest BCUT2D eigenvalue weighted by Crippen LogP contribution is 2.18. The van der Waals surface area contributed by atoms with E-state index in [-0.39, 0.29) is 30.7 Å². The lowest BCUT2D eigenvalue weighted by molar-refractivity contribution is -0.121. The number of halogens is 1. The predicted molar refractivity (Wildman–Crippen MR) is 101 cm³/mol. The van der Waals surface area contributed by atoms with Crippen molar-refractivity contribution in [3.63, 3.8) is 0 Å². The third kappa shape index (κ3) is 4.43. The molecule has 0 bridgehead atoms. The summed E-state index contributed by atoms with van der Waals surface area (Å²) in [6.07, 6.45) is 0.146. The smallest absolute Gasteiger partial charge is 0.408 e. The first-order chi connectivity index (χ1) is 13.0. The summed E-state index contributed by atoms with van der Waals surface area (Å²) in [7, 11) is 3.75. The summed E-state index contributed by atoms with van der Waals surface area (Å²) in [5.74, 6) is -0.970. The molecule has 1 heterocycles. The molecule has 27 heavy (non-hydrogen) atoms. The van der Waals surface area contributed by atoms with E-state index < -0.39 is 5.76 Å². The van der Waals surface area contributed by atoms with Crippen molar-refractivity contribution in [2.24, 2.45) is 0 Å². The van der Waals surface area contributed by atoms with Gasteiger partial charge in [0.2, 0.25) is 5.91 Å². The van der Waals surface area contributed by atoms with Crippen molar-refractivity contribution in [3.05, 3.63) is 70.5 Å². The van der Waals surface area contributed by atoms with Crippen molar-refractivity contribution in [3.8, 4) is 0 Å². The van der Waals surface area contributed by atoms with Crippen LogP contribution in [0.25, 0.3) is 11.1 Å². The van der Waals surface area contributed by atoms with Gasteiger partial charge in [-0.2, -0.15) is 0 Å². The fourth-order valence-electron chi connectivity index (χ4n) is 3.05. The summed E-state index contributed by atoms with van der Waals surface area (Å²) in [4.78, 5) is 26.1.